The van der Waals surface area contributed by atoms with E-state index >= 15 is 0 Å². The molecule has 0 atom stereocenters. The molecule has 0 aromatic carbocycles. The lowest BCUT2D eigenvalue weighted by Crippen LogP contribution is -2.23. The van der Waals surface area contributed by atoms with Crippen molar-refractivity contribution in [3.8, 4) is 0 Å². The Kier molecular flexibility index (Phi) is 4.92. The van der Waals surface area contributed by atoms with E-state index < -0.39 is 9.84 Å². The second-order valence-electron chi connectivity index (χ2n) is 4.68. The molecular formula is C11H21NO3S. The van der Waals surface area contributed by atoms with E-state index in [0.29, 0.717) is 19.0 Å². The third-order valence-electron chi connectivity index (χ3n) is 2.80. The molecule has 1 rings (SSSR count). The molecule has 1 aliphatic rings. The van der Waals surface area contributed by atoms with Crippen LogP contribution < -0.4 is 5.32 Å². The average Bonchev–Trinajstić information content (AvgIpc) is 2.98. The van der Waals surface area contributed by atoms with Gasteiger partial charge in [-0.2, -0.15) is 0 Å². The fourth-order valence-corrected chi connectivity index (χ4v) is 2.30. The van der Waals surface area contributed by atoms with Crippen molar-refractivity contribution in [1.82, 2.24) is 5.32 Å². The van der Waals surface area contributed by atoms with Crippen LogP contribution in [-0.4, -0.2) is 37.8 Å². The summed E-state index contributed by atoms with van der Waals surface area (Å²) in [5.41, 5.74) is 0. The second-order valence-corrected chi connectivity index (χ2v) is 7.36. The van der Waals surface area contributed by atoms with Crippen LogP contribution in [0, 0.1) is 0 Å². The number of sulfone groups is 1. The summed E-state index contributed by atoms with van der Waals surface area (Å²) in [7, 11) is -3.06. The zero-order chi connectivity index (χ0) is 12.2. The minimum atomic E-state index is -3.06. The second kappa shape index (κ2) is 5.77. The molecule has 1 fully saturated rings. The van der Waals surface area contributed by atoms with Gasteiger partial charge in [-0.1, -0.05) is 0 Å². The molecule has 1 aliphatic carbocycles. The Morgan fingerprint density at radius 1 is 1.31 bits per heavy atom. The molecule has 0 saturated heterocycles. The molecule has 0 aromatic heterocycles. The first-order valence-electron chi connectivity index (χ1n) is 5.88. The predicted molar refractivity (Wildman–Crippen MR) is 64.2 cm³/mol. The Morgan fingerprint density at radius 2 is 1.94 bits per heavy atom. The third kappa shape index (κ3) is 5.07. The van der Waals surface area contributed by atoms with Crippen LogP contribution in [0.15, 0.2) is 0 Å². The maximum absolute atomic E-state index is 11.5. The average molecular weight is 247 g/mol. The summed E-state index contributed by atoms with van der Waals surface area (Å²) in [5.74, 6) is 0.0322. The lowest BCUT2D eigenvalue weighted by molar-refractivity contribution is -0.118. The van der Waals surface area contributed by atoms with E-state index in [0.717, 1.165) is 0 Å². The maximum atomic E-state index is 11.5. The highest BCUT2D eigenvalue weighted by atomic mass is 32.2. The summed E-state index contributed by atoms with van der Waals surface area (Å²) >= 11 is 0. The van der Waals surface area contributed by atoms with Gasteiger partial charge in [-0.3, -0.25) is 4.79 Å². The number of nitrogens with one attached hydrogen (secondary N) is 1. The Balaban J connectivity index is 2.13. The monoisotopic (exact) mass is 247 g/mol. The highest BCUT2D eigenvalue weighted by Crippen LogP contribution is 2.18. The van der Waals surface area contributed by atoms with Crippen molar-refractivity contribution in [2.75, 3.05) is 12.3 Å². The van der Waals surface area contributed by atoms with Gasteiger partial charge in [-0.25, -0.2) is 8.42 Å². The summed E-state index contributed by atoms with van der Waals surface area (Å²) in [6.07, 6.45) is 3.02. The zero-order valence-corrected chi connectivity index (χ0v) is 10.8. The van der Waals surface area contributed by atoms with Gasteiger partial charge in [-0.15, -0.1) is 0 Å². The van der Waals surface area contributed by atoms with Crippen LogP contribution in [0.3, 0.4) is 0 Å². The molecule has 0 bridgehead atoms. The van der Waals surface area contributed by atoms with Crippen LogP contribution in [0.25, 0.3) is 0 Å². The largest absolute Gasteiger partial charge is 0.314 e. The van der Waals surface area contributed by atoms with Crippen molar-refractivity contribution in [3.05, 3.63) is 0 Å². The molecule has 0 spiro atoms. The van der Waals surface area contributed by atoms with Crippen molar-refractivity contribution in [2.45, 2.75) is 50.8 Å². The van der Waals surface area contributed by atoms with Crippen LogP contribution in [0.1, 0.15) is 39.5 Å². The van der Waals surface area contributed by atoms with Crippen molar-refractivity contribution in [1.29, 1.82) is 0 Å². The minimum Gasteiger partial charge on any atom is -0.314 e. The molecule has 1 N–H and O–H groups in total. The van der Waals surface area contributed by atoms with Crippen molar-refractivity contribution >= 4 is 15.6 Å². The Labute approximate surface area is 97.7 Å². The summed E-state index contributed by atoms with van der Waals surface area (Å²) in [5, 5.41) is 2.85. The van der Waals surface area contributed by atoms with E-state index in [4.69, 9.17) is 0 Å². The number of carbonyl (C=O) groups excluding carboxylic acids is 1. The summed E-state index contributed by atoms with van der Waals surface area (Å²) in [6, 6.07) is 0.604. The number of carbonyl (C=O) groups is 1. The molecule has 0 aliphatic heterocycles. The lowest BCUT2D eigenvalue weighted by atomic mass is 10.2. The molecule has 1 saturated carbocycles. The van der Waals surface area contributed by atoms with Gasteiger partial charge in [0.15, 0.2) is 9.84 Å². The Bertz CT molecular complexity index is 331. The van der Waals surface area contributed by atoms with E-state index in [1.807, 2.05) is 0 Å². The van der Waals surface area contributed by atoms with Gasteiger partial charge in [0.25, 0.3) is 0 Å². The highest BCUT2D eigenvalue weighted by Gasteiger charge is 2.21. The standard InChI is InChI=1S/C11H21NO3S/c1-9(2)16(14,15)8-6-11(13)5-7-12-10-3-4-10/h9-10,12H,3-8H2,1-2H3. The van der Waals surface area contributed by atoms with Crippen LogP contribution in [0.2, 0.25) is 0 Å². The third-order valence-corrected chi connectivity index (χ3v) is 5.01. The molecule has 0 amide bonds. The number of hydrogen-bond donors (Lipinski definition) is 1. The van der Waals surface area contributed by atoms with E-state index in [-0.39, 0.29) is 23.2 Å². The molecule has 0 radical (unpaired) electrons. The SMILES string of the molecule is CC(C)S(=O)(=O)CCC(=O)CCNC1CC1. The molecule has 16 heavy (non-hydrogen) atoms. The molecule has 94 valence electrons. The van der Waals surface area contributed by atoms with Gasteiger partial charge < -0.3 is 5.32 Å². The fourth-order valence-electron chi connectivity index (χ4n) is 1.32. The van der Waals surface area contributed by atoms with Gasteiger partial charge in [-0.05, 0) is 26.7 Å². The minimum absolute atomic E-state index is 0.00702. The quantitative estimate of drug-likeness (QED) is 0.692. The predicted octanol–water partition coefficient (Wildman–Crippen LogP) is 0.911. The summed E-state index contributed by atoms with van der Waals surface area (Å²) in [6.45, 7) is 3.98. The molecule has 0 aromatic rings. The van der Waals surface area contributed by atoms with Gasteiger partial charge in [0.05, 0.1) is 11.0 Å². The molecule has 0 unspecified atom stereocenters. The van der Waals surface area contributed by atoms with E-state index in [1.165, 1.54) is 12.8 Å². The number of rotatable bonds is 8. The van der Waals surface area contributed by atoms with Crippen LogP contribution in [-0.2, 0) is 14.6 Å². The molecule has 4 nitrogen and oxygen atoms in total. The van der Waals surface area contributed by atoms with Crippen LogP contribution in [0.5, 0.6) is 0 Å². The topological polar surface area (TPSA) is 63.2 Å². The first kappa shape index (κ1) is 13.6. The maximum Gasteiger partial charge on any atom is 0.153 e. The lowest BCUT2D eigenvalue weighted by Gasteiger charge is -2.07. The molecule has 0 heterocycles. The first-order valence-corrected chi connectivity index (χ1v) is 7.60. The number of hydrogen-bond acceptors (Lipinski definition) is 4. The van der Waals surface area contributed by atoms with Crippen LogP contribution >= 0.6 is 0 Å². The Hall–Kier alpha value is -0.420. The van der Waals surface area contributed by atoms with Crippen molar-refractivity contribution in [3.63, 3.8) is 0 Å². The summed E-state index contributed by atoms with van der Waals surface area (Å²) in [4.78, 5) is 11.4. The van der Waals surface area contributed by atoms with Gasteiger partial charge in [0, 0.05) is 25.4 Å². The van der Waals surface area contributed by atoms with Crippen LogP contribution in [0.4, 0.5) is 0 Å². The van der Waals surface area contributed by atoms with E-state index in [9.17, 15) is 13.2 Å². The van der Waals surface area contributed by atoms with Crippen molar-refractivity contribution < 1.29 is 13.2 Å². The Morgan fingerprint density at radius 3 is 2.44 bits per heavy atom. The van der Waals surface area contributed by atoms with E-state index in [2.05, 4.69) is 5.32 Å². The first-order chi connectivity index (χ1) is 7.42. The smallest absolute Gasteiger partial charge is 0.153 e. The van der Waals surface area contributed by atoms with Gasteiger partial charge in [0.2, 0.25) is 0 Å². The normalized spacial score (nSPS) is 16.7. The number of ketones is 1. The molecular weight excluding hydrogens is 226 g/mol. The van der Waals surface area contributed by atoms with Gasteiger partial charge >= 0.3 is 0 Å². The van der Waals surface area contributed by atoms with Crippen molar-refractivity contribution in [2.24, 2.45) is 0 Å². The number of Topliss-reactive ketones (excluding diaryl/α,β-unsaturated/α-hetero) is 1. The van der Waals surface area contributed by atoms with E-state index in [1.54, 1.807) is 13.8 Å². The van der Waals surface area contributed by atoms with Gasteiger partial charge in [0.1, 0.15) is 5.78 Å². The zero-order valence-electron chi connectivity index (χ0n) is 10.0. The highest BCUT2D eigenvalue weighted by molar-refractivity contribution is 7.91. The summed E-state index contributed by atoms with van der Waals surface area (Å²) < 4.78 is 22.9. The molecule has 5 heteroatoms. The fraction of sp³-hybridized carbons (Fsp3) is 0.909.